The molecule has 0 spiro atoms. The minimum Gasteiger partial charge on any atom is -0.483 e. The van der Waals surface area contributed by atoms with Gasteiger partial charge < -0.3 is 19.5 Å². The first kappa shape index (κ1) is 19.6. The number of halogens is 1. The van der Waals surface area contributed by atoms with Crippen LogP contribution >= 0.6 is 11.6 Å². The summed E-state index contributed by atoms with van der Waals surface area (Å²) in [5.74, 6) is 0.275. The Hall–Kier alpha value is -2.73. The normalized spacial score (nSPS) is 10.1. The third kappa shape index (κ3) is 6.29. The highest BCUT2D eigenvalue weighted by Gasteiger charge is 2.08. The first-order chi connectivity index (χ1) is 12.5. The molecule has 2 aromatic carbocycles. The van der Waals surface area contributed by atoms with Crippen molar-refractivity contribution in [2.75, 3.05) is 25.1 Å². The Morgan fingerprint density at radius 3 is 2.62 bits per heavy atom. The quantitative estimate of drug-likeness (QED) is 0.711. The van der Waals surface area contributed by atoms with Crippen LogP contribution < -0.4 is 14.8 Å². The highest BCUT2D eigenvalue weighted by atomic mass is 35.5. The second-order valence-corrected chi connectivity index (χ2v) is 5.80. The fourth-order valence-electron chi connectivity index (χ4n) is 2.12. The molecule has 0 heterocycles. The summed E-state index contributed by atoms with van der Waals surface area (Å²) in [5.41, 5.74) is 1.38. The predicted molar refractivity (Wildman–Crippen MR) is 98.9 cm³/mol. The highest BCUT2D eigenvalue weighted by Crippen LogP contribution is 2.22. The Morgan fingerprint density at radius 2 is 1.88 bits per heavy atom. The molecule has 1 N–H and O–H groups in total. The van der Waals surface area contributed by atoms with E-state index in [0.29, 0.717) is 28.8 Å². The molecule has 2 rings (SSSR count). The number of rotatable bonds is 8. The van der Waals surface area contributed by atoms with Crippen LogP contribution in [0.25, 0.3) is 0 Å². The van der Waals surface area contributed by atoms with Gasteiger partial charge in [-0.3, -0.25) is 4.79 Å². The molecule has 2 aromatic rings. The van der Waals surface area contributed by atoms with Crippen LogP contribution in [0.1, 0.15) is 12.5 Å². The number of amides is 1. The SMILES string of the molecule is CCOC(=O)COc1cccc(NC(=O)COc2ccc(Cl)cc2C)c1. The lowest BCUT2D eigenvalue weighted by atomic mass is 10.2. The number of hydrogen-bond acceptors (Lipinski definition) is 5. The van der Waals surface area contributed by atoms with E-state index in [9.17, 15) is 9.59 Å². The molecule has 0 bridgehead atoms. The number of ether oxygens (including phenoxy) is 3. The third-order valence-electron chi connectivity index (χ3n) is 3.28. The fourth-order valence-corrected chi connectivity index (χ4v) is 2.35. The van der Waals surface area contributed by atoms with Gasteiger partial charge in [-0.2, -0.15) is 0 Å². The zero-order chi connectivity index (χ0) is 18.9. The van der Waals surface area contributed by atoms with Crippen molar-refractivity contribution in [3.05, 3.63) is 53.1 Å². The molecule has 6 nitrogen and oxygen atoms in total. The molecule has 0 unspecified atom stereocenters. The minimum absolute atomic E-state index is 0.142. The maximum Gasteiger partial charge on any atom is 0.344 e. The summed E-state index contributed by atoms with van der Waals surface area (Å²) >= 11 is 5.89. The maximum absolute atomic E-state index is 12.0. The molecule has 1 amide bonds. The number of benzene rings is 2. The molecular weight excluding hydrogens is 358 g/mol. The Labute approximate surface area is 157 Å². The summed E-state index contributed by atoms with van der Waals surface area (Å²) in [5, 5.41) is 3.32. The fraction of sp³-hybridized carbons (Fsp3) is 0.263. The molecule has 0 aliphatic heterocycles. The molecule has 7 heteroatoms. The molecule has 0 saturated heterocycles. The van der Waals surface area contributed by atoms with Gasteiger partial charge in [0.25, 0.3) is 5.91 Å². The lowest BCUT2D eigenvalue weighted by molar-refractivity contribution is -0.145. The van der Waals surface area contributed by atoms with Crippen LogP contribution in [0.3, 0.4) is 0 Å². The number of nitrogens with one attached hydrogen (secondary N) is 1. The van der Waals surface area contributed by atoms with E-state index in [1.54, 1.807) is 49.4 Å². The van der Waals surface area contributed by atoms with Gasteiger partial charge in [0.05, 0.1) is 6.61 Å². The van der Waals surface area contributed by atoms with Crippen molar-refractivity contribution in [1.82, 2.24) is 0 Å². The first-order valence-electron chi connectivity index (χ1n) is 8.05. The standard InChI is InChI=1S/C19H20ClNO5/c1-3-24-19(23)12-25-16-6-4-5-15(10-16)21-18(22)11-26-17-8-7-14(20)9-13(17)2/h4-10H,3,11-12H2,1-2H3,(H,21,22). The first-order valence-corrected chi connectivity index (χ1v) is 8.43. The Morgan fingerprint density at radius 1 is 1.08 bits per heavy atom. The molecule has 0 atom stereocenters. The molecule has 138 valence electrons. The van der Waals surface area contributed by atoms with E-state index in [4.69, 9.17) is 25.8 Å². The van der Waals surface area contributed by atoms with Crippen molar-refractivity contribution in [2.24, 2.45) is 0 Å². The zero-order valence-electron chi connectivity index (χ0n) is 14.6. The van der Waals surface area contributed by atoms with E-state index >= 15 is 0 Å². The maximum atomic E-state index is 12.0. The number of aryl methyl sites for hydroxylation is 1. The number of carbonyl (C=O) groups excluding carboxylic acids is 2. The molecule has 0 radical (unpaired) electrons. The monoisotopic (exact) mass is 377 g/mol. The Kier molecular flexibility index (Phi) is 7.29. The molecule has 0 saturated carbocycles. The minimum atomic E-state index is -0.450. The Balaban J connectivity index is 1.86. The second kappa shape index (κ2) is 9.68. The van der Waals surface area contributed by atoms with Crippen LogP contribution in [0, 0.1) is 6.92 Å². The average Bonchev–Trinajstić information content (AvgIpc) is 2.60. The van der Waals surface area contributed by atoms with E-state index in [2.05, 4.69) is 5.32 Å². The van der Waals surface area contributed by atoms with Gasteiger partial charge in [-0.25, -0.2) is 4.79 Å². The van der Waals surface area contributed by atoms with Crippen LogP contribution in [0.15, 0.2) is 42.5 Å². The smallest absolute Gasteiger partial charge is 0.344 e. The van der Waals surface area contributed by atoms with Gasteiger partial charge in [0.2, 0.25) is 0 Å². The number of esters is 1. The van der Waals surface area contributed by atoms with E-state index in [1.165, 1.54) is 0 Å². The molecule has 26 heavy (non-hydrogen) atoms. The summed E-state index contributed by atoms with van der Waals surface area (Å²) in [4.78, 5) is 23.4. The molecular formula is C19H20ClNO5. The van der Waals surface area contributed by atoms with Crippen LogP contribution in [0.4, 0.5) is 5.69 Å². The van der Waals surface area contributed by atoms with Gasteiger partial charge >= 0.3 is 5.97 Å². The van der Waals surface area contributed by atoms with Crippen LogP contribution in [-0.4, -0.2) is 31.7 Å². The van der Waals surface area contributed by atoms with Crippen molar-refractivity contribution in [1.29, 1.82) is 0 Å². The van der Waals surface area contributed by atoms with E-state index in [0.717, 1.165) is 5.56 Å². The third-order valence-corrected chi connectivity index (χ3v) is 3.51. The van der Waals surface area contributed by atoms with Crippen molar-refractivity contribution >= 4 is 29.2 Å². The highest BCUT2D eigenvalue weighted by molar-refractivity contribution is 6.30. The summed E-state index contributed by atoms with van der Waals surface area (Å²) in [7, 11) is 0. The van der Waals surface area contributed by atoms with Gasteiger partial charge in [0, 0.05) is 16.8 Å². The van der Waals surface area contributed by atoms with E-state index in [-0.39, 0.29) is 19.1 Å². The van der Waals surface area contributed by atoms with Gasteiger partial charge in [0.1, 0.15) is 11.5 Å². The van der Waals surface area contributed by atoms with Crippen molar-refractivity contribution in [2.45, 2.75) is 13.8 Å². The topological polar surface area (TPSA) is 73.9 Å². The average molecular weight is 378 g/mol. The van der Waals surface area contributed by atoms with Gasteiger partial charge in [0.15, 0.2) is 13.2 Å². The predicted octanol–water partition coefficient (Wildman–Crippen LogP) is 3.61. The van der Waals surface area contributed by atoms with Crippen molar-refractivity contribution < 1.29 is 23.8 Å². The zero-order valence-corrected chi connectivity index (χ0v) is 15.3. The van der Waals surface area contributed by atoms with Gasteiger partial charge in [-0.05, 0) is 49.7 Å². The molecule has 0 aromatic heterocycles. The summed E-state index contributed by atoms with van der Waals surface area (Å²) in [6.45, 7) is 3.54. The summed E-state index contributed by atoms with van der Waals surface area (Å²) < 4.78 is 15.6. The number of anilines is 1. The van der Waals surface area contributed by atoms with Crippen LogP contribution in [0.2, 0.25) is 5.02 Å². The van der Waals surface area contributed by atoms with Crippen molar-refractivity contribution in [3.8, 4) is 11.5 Å². The Bertz CT molecular complexity index is 778. The van der Waals surface area contributed by atoms with E-state index in [1.807, 2.05) is 6.92 Å². The lowest BCUT2D eigenvalue weighted by Gasteiger charge is -2.11. The summed E-state index contributed by atoms with van der Waals surface area (Å²) in [6, 6.07) is 11.9. The van der Waals surface area contributed by atoms with Crippen molar-refractivity contribution in [3.63, 3.8) is 0 Å². The lowest BCUT2D eigenvalue weighted by Crippen LogP contribution is -2.20. The molecule has 0 fully saturated rings. The second-order valence-electron chi connectivity index (χ2n) is 5.37. The molecule has 0 aliphatic rings. The number of hydrogen-bond donors (Lipinski definition) is 1. The van der Waals surface area contributed by atoms with Crippen LogP contribution in [0.5, 0.6) is 11.5 Å². The van der Waals surface area contributed by atoms with Gasteiger partial charge in [-0.1, -0.05) is 17.7 Å². The summed E-state index contributed by atoms with van der Waals surface area (Å²) in [6.07, 6.45) is 0. The number of carbonyl (C=O) groups is 2. The largest absolute Gasteiger partial charge is 0.483 e. The molecule has 0 aliphatic carbocycles. The van der Waals surface area contributed by atoms with E-state index < -0.39 is 5.97 Å². The van der Waals surface area contributed by atoms with Crippen LogP contribution in [-0.2, 0) is 14.3 Å². The van der Waals surface area contributed by atoms with Gasteiger partial charge in [-0.15, -0.1) is 0 Å².